The highest BCUT2D eigenvalue weighted by molar-refractivity contribution is 7.80. The first kappa shape index (κ1) is 15.4. The van der Waals surface area contributed by atoms with Crippen molar-refractivity contribution in [3.05, 3.63) is 70.7 Å². The Hall–Kier alpha value is -2.53. The number of carbonyl (C=O) groups is 1. The zero-order chi connectivity index (χ0) is 16.6. The number of para-hydroxylation sites is 1. The summed E-state index contributed by atoms with van der Waals surface area (Å²) in [6.07, 6.45) is 1.74. The van der Waals surface area contributed by atoms with Gasteiger partial charge in [0.15, 0.2) is 5.11 Å². The molecule has 1 saturated heterocycles. The molecule has 1 N–H and O–H groups in total. The van der Waals surface area contributed by atoms with Gasteiger partial charge in [-0.3, -0.25) is 4.79 Å². The molecule has 2 aromatic carbocycles. The summed E-state index contributed by atoms with van der Waals surface area (Å²) in [7, 11) is 0. The van der Waals surface area contributed by atoms with Crippen molar-refractivity contribution in [3.63, 3.8) is 0 Å². The number of aryl methyl sites for hydroxylation is 2. The van der Waals surface area contributed by atoms with Crippen LogP contribution in [0.5, 0.6) is 0 Å². The first-order chi connectivity index (χ1) is 11.0. The minimum absolute atomic E-state index is 0.152. The molecular formula is C18H15FN2OS. The van der Waals surface area contributed by atoms with E-state index in [2.05, 4.69) is 5.32 Å². The lowest BCUT2D eigenvalue weighted by Crippen LogP contribution is -2.31. The van der Waals surface area contributed by atoms with E-state index in [0.29, 0.717) is 5.70 Å². The minimum atomic E-state index is -0.488. The predicted molar refractivity (Wildman–Crippen MR) is 93.5 cm³/mol. The Morgan fingerprint density at radius 3 is 2.61 bits per heavy atom. The van der Waals surface area contributed by atoms with E-state index < -0.39 is 5.82 Å². The summed E-state index contributed by atoms with van der Waals surface area (Å²) < 4.78 is 13.9. The molecule has 0 radical (unpaired) electrons. The minimum Gasteiger partial charge on any atom is -0.327 e. The first-order valence-corrected chi connectivity index (χ1v) is 7.57. The molecule has 3 nitrogen and oxygen atoms in total. The van der Waals surface area contributed by atoms with Crippen LogP contribution in [-0.2, 0) is 4.79 Å². The monoisotopic (exact) mass is 326 g/mol. The molecule has 23 heavy (non-hydrogen) atoms. The van der Waals surface area contributed by atoms with Crippen molar-refractivity contribution in [2.24, 2.45) is 0 Å². The van der Waals surface area contributed by atoms with E-state index in [1.165, 1.54) is 17.0 Å². The van der Waals surface area contributed by atoms with Crippen LogP contribution < -0.4 is 10.2 Å². The molecule has 2 aromatic rings. The number of anilines is 1. The molecule has 0 unspecified atom stereocenters. The molecule has 0 saturated carbocycles. The van der Waals surface area contributed by atoms with E-state index in [4.69, 9.17) is 12.2 Å². The first-order valence-electron chi connectivity index (χ1n) is 7.16. The van der Waals surface area contributed by atoms with Crippen LogP contribution in [0.4, 0.5) is 10.1 Å². The van der Waals surface area contributed by atoms with Gasteiger partial charge in [-0.2, -0.15) is 0 Å². The van der Waals surface area contributed by atoms with Crippen LogP contribution in [0.3, 0.4) is 0 Å². The third kappa shape index (κ3) is 2.87. The maximum absolute atomic E-state index is 13.9. The number of halogens is 1. The van der Waals surface area contributed by atoms with E-state index in [-0.39, 0.29) is 16.7 Å². The molecule has 1 heterocycles. The van der Waals surface area contributed by atoms with E-state index >= 15 is 0 Å². The Bertz CT molecular complexity index is 845. The highest BCUT2D eigenvalue weighted by Crippen LogP contribution is 2.25. The van der Waals surface area contributed by atoms with Gasteiger partial charge in [-0.25, -0.2) is 9.29 Å². The topological polar surface area (TPSA) is 32.3 Å². The molecule has 5 heteroatoms. The molecule has 0 bridgehead atoms. The molecule has 3 rings (SSSR count). The van der Waals surface area contributed by atoms with E-state index in [1.54, 1.807) is 18.2 Å². The lowest BCUT2D eigenvalue weighted by Gasteiger charge is -2.14. The second-order valence-electron chi connectivity index (χ2n) is 5.44. The quantitative estimate of drug-likeness (QED) is 0.674. The number of thiocarbonyl (C=S) groups is 1. The van der Waals surface area contributed by atoms with Crippen molar-refractivity contribution in [2.75, 3.05) is 4.90 Å². The van der Waals surface area contributed by atoms with E-state index in [9.17, 15) is 9.18 Å². The third-order valence-corrected chi connectivity index (χ3v) is 3.98. The highest BCUT2D eigenvalue weighted by atomic mass is 32.1. The van der Waals surface area contributed by atoms with Crippen molar-refractivity contribution in [1.82, 2.24) is 5.32 Å². The summed E-state index contributed by atoms with van der Waals surface area (Å²) in [5.74, 6) is -0.849. The average molecular weight is 326 g/mol. The third-order valence-electron chi connectivity index (χ3n) is 3.70. The van der Waals surface area contributed by atoms with Crippen molar-refractivity contribution in [2.45, 2.75) is 13.8 Å². The van der Waals surface area contributed by atoms with Crippen LogP contribution >= 0.6 is 12.2 Å². The number of rotatable bonds is 2. The van der Waals surface area contributed by atoms with Crippen LogP contribution in [-0.4, -0.2) is 11.0 Å². The maximum atomic E-state index is 13.9. The molecule has 0 spiro atoms. The fraction of sp³-hybridized carbons (Fsp3) is 0.111. The summed E-state index contributed by atoms with van der Waals surface area (Å²) in [6.45, 7) is 3.99. The van der Waals surface area contributed by atoms with E-state index in [1.807, 2.05) is 32.0 Å². The van der Waals surface area contributed by atoms with Gasteiger partial charge >= 0.3 is 0 Å². The summed E-state index contributed by atoms with van der Waals surface area (Å²) >= 11 is 5.19. The van der Waals surface area contributed by atoms with Crippen molar-refractivity contribution in [3.8, 4) is 0 Å². The molecule has 0 atom stereocenters. The predicted octanol–water partition coefficient (Wildman–Crippen LogP) is 3.70. The fourth-order valence-corrected chi connectivity index (χ4v) is 2.82. The summed E-state index contributed by atoms with van der Waals surface area (Å²) in [6, 6.07) is 12.0. The summed E-state index contributed by atoms with van der Waals surface area (Å²) in [5.41, 5.74) is 3.62. The SMILES string of the molecule is Cc1ccc(/C=C2\NC(=S)N(c3ccccc3F)C2=O)c(C)c1. The summed E-state index contributed by atoms with van der Waals surface area (Å²) in [5, 5.41) is 3.05. The standard InChI is InChI=1S/C18H15FN2OS/c1-11-7-8-13(12(2)9-11)10-15-17(22)21(18(23)20-15)16-6-4-3-5-14(16)19/h3-10H,1-2H3,(H,20,23)/b15-10-. The Balaban J connectivity index is 1.98. The number of carbonyl (C=O) groups excluding carboxylic acids is 1. The van der Waals surface area contributed by atoms with E-state index in [0.717, 1.165) is 16.7 Å². The molecule has 1 aliphatic heterocycles. The van der Waals surface area contributed by atoms with Crippen LogP contribution in [0, 0.1) is 19.7 Å². The number of nitrogens with zero attached hydrogens (tertiary/aromatic N) is 1. The zero-order valence-corrected chi connectivity index (χ0v) is 13.6. The number of nitrogens with one attached hydrogen (secondary N) is 1. The Morgan fingerprint density at radius 1 is 1.17 bits per heavy atom. The number of benzene rings is 2. The molecule has 1 fully saturated rings. The molecule has 116 valence electrons. The van der Waals surface area contributed by atoms with Gasteiger partial charge in [0.05, 0.1) is 5.69 Å². The summed E-state index contributed by atoms with van der Waals surface area (Å²) in [4.78, 5) is 13.8. The van der Waals surface area contributed by atoms with Crippen molar-refractivity contribution in [1.29, 1.82) is 0 Å². The molecule has 1 aliphatic rings. The fourth-order valence-electron chi connectivity index (χ4n) is 2.53. The second kappa shape index (κ2) is 5.93. The van der Waals surface area contributed by atoms with Gasteiger partial charge in [0.1, 0.15) is 11.5 Å². The molecular weight excluding hydrogens is 311 g/mol. The van der Waals surface area contributed by atoms with Crippen LogP contribution in [0.1, 0.15) is 16.7 Å². The Morgan fingerprint density at radius 2 is 1.91 bits per heavy atom. The smallest absolute Gasteiger partial charge is 0.281 e. The van der Waals surface area contributed by atoms with Crippen LogP contribution in [0.15, 0.2) is 48.2 Å². The highest BCUT2D eigenvalue weighted by Gasteiger charge is 2.33. The van der Waals surface area contributed by atoms with Crippen LogP contribution in [0.2, 0.25) is 0 Å². The zero-order valence-electron chi connectivity index (χ0n) is 12.8. The van der Waals surface area contributed by atoms with Gasteiger partial charge in [-0.1, -0.05) is 35.9 Å². The Labute approximate surface area is 139 Å². The van der Waals surface area contributed by atoms with Gasteiger partial charge in [0.2, 0.25) is 0 Å². The molecule has 0 aliphatic carbocycles. The van der Waals surface area contributed by atoms with Gasteiger partial charge in [0, 0.05) is 0 Å². The number of hydrogen-bond donors (Lipinski definition) is 1. The normalized spacial score (nSPS) is 16.1. The maximum Gasteiger partial charge on any atom is 0.281 e. The second-order valence-corrected chi connectivity index (χ2v) is 5.83. The lowest BCUT2D eigenvalue weighted by atomic mass is 10.0. The number of hydrogen-bond acceptors (Lipinski definition) is 2. The Kier molecular flexibility index (Phi) is 3.96. The lowest BCUT2D eigenvalue weighted by molar-refractivity contribution is -0.113. The van der Waals surface area contributed by atoms with Crippen molar-refractivity contribution < 1.29 is 9.18 Å². The van der Waals surface area contributed by atoms with Gasteiger partial charge in [-0.15, -0.1) is 0 Å². The van der Waals surface area contributed by atoms with Gasteiger partial charge in [0.25, 0.3) is 5.91 Å². The molecule has 0 aromatic heterocycles. The number of amides is 1. The van der Waals surface area contributed by atoms with Crippen LogP contribution in [0.25, 0.3) is 6.08 Å². The average Bonchev–Trinajstić information content (AvgIpc) is 2.77. The van der Waals surface area contributed by atoms with Crippen molar-refractivity contribution >= 4 is 35.0 Å². The van der Waals surface area contributed by atoms with Gasteiger partial charge < -0.3 is 5.32 Å². The van der Waals surface area contributed by atoms with Gasteiger partial charge in [-0.05, 0) is 55.4 Å². The largest absolute Gasteiger partial charge is 0.327 e. The molecule has 1 amide bonds.